The van der Waals surface area contributed by atoms with Crippen LogP contribution in [-0.4, -0.2) is 229 Å². The van der Waals surface area contributed by atoms with Crippen LogP contribution in [0.5, 0.6) is 5.75 Å². The Morgan fingerprint density at radius 3 is 2.07 bits per heavy atom. The number of primary amides is 2. The van der Waals surface area contributed by atoms with Crippen LogP contribution in [0.25, 0.3) is 11.3 Å². The van der Waals surface area contributed by atoms with Gasteiger partial charge in [-0.3, -0.25) is 82.5 Å². The van der Waals surface area contributed by atoms with Crippen molar-refractivity contribution in [2.45, 2.75) is 107 Å². The number of aliphatic hydroxyl groups excluding tert-OH is 3. The normalized spacial score (nSPS) is 18.4. The van der Waals surface area contributed by atoms with Gasteiger partial charge in [0.15, 0.2) is 5.75 Å². The summed E-state index contributed by atoms with van der Waals surface area (Å²) in [6.07, 6.45) is -2.86. The molecule has 37 nitrogen and oxygen atoms in total. The number of aliphatic hydroxyl groups is 3. The number of aromatic nitrogens is 1. The molecule has 0 saturated carbocycles. The molecule has 37 heteroatoms. The van der Waals surface area contributed by atoms with E-state index in [1.807, 2.05) is 5.32 Å². The Morgan fingerprint density at radius 1 is 0.776 bits per heavy atom. The van der Waals surface area contributed by atoms with Crippen LogP contribution in [0.2, 0.25) is 0 Å². The van der Waals surface area contributed by atoms with E-state index in [9.17, 15) is 98.0 Å². The van der Waals surface area contributed by atoms with Gasteiger partial charge in [0.2, 0.25) is 70.4 Å². The van der Waals surface area contributed by atoms with Gasteiger partial charge in [0.1, 0.15) is 66.1 Å². The molecule has 464 valence electrons. The number of hydrogen-bond acceptors (Lipinski definition) is 23. The first kappa shape index (κ1) is 66.2. The maximum absolute atomic E-state index is 14.1. The summed E-state index contributed by atoms with van der Waals surface area (Å²) >= 11 is 0. The maximum Gasteiger partial charge on any atom is 0.271 e. The van der Waals surface area contributed by atoms with Crippen LogP contribution < -0.4 is 75.4 Å². The average molecular weight is 1200 g/mol. The molecule has 9 unspecified atom stereocenters. The third kappa shape index (κ3) is 18.0. The van der Waals surface area contributed by atoms with Crippen LogP contribution in [0.1, 0.15) is 58.4 Å². The lowest BCUT2D eigenvalue weighted by Crippen LogP contribution is -2.60. The molecular formula is C48H67N17O20. The molecule has 1 aliphatic carbocycles. The fraction of sp³-hybridized carbons (Fsp3) is 0.521. The average Bonchev–Trinajstić information content (AvgIpc) is 2.50. The van der Waals surface area contributed by atoms with Crippen LogP contribution in [0.4, 0.5) is 11.5 Å². The zero-order valence-electron chi connectivity index (χ0n) is 45.7. The van der Waals surface area contributed by atoms with Gasteiger partial charge in [0.25, 0.3) is 11.8 Å². The van der Waals surface area contributed by atoms with Crippen LogP contribution in [-0.2, 0) is 62.3 Å². The van der Waals surface area contributed by atoms with Crippen molar-refractivity contribution in [2.24, 2.45) is 16.5 Å². The number of phenols is 1. The number of hydroxylamine groups is 4. The van der Waals surface area contributed by atoms with Crippen molar-refractivity contribution in [2.75, 3.05) is 63.1 Å². The SMILES string of the molecule is CC(NC(=O)CNC(=O)C(C)NC(=O)C(CC(N)=O)N(O)C(=O)C(CO)NC(=O)CNC(=O)C1CCN=C(C(CO)NC(=O)C2CCNc3c(NC(=O)CC(O)C(N)=O)cc4cc(O)c(=O)cc-4n32)N1)C(=O)NCC(=O)NC1CCCN(O)C1=O. The van der Waals surface area contributed by atoms with Crippen molar-refractivity contribution in [3.63, 3.8) is 0 Å². The second-order valence-electron chi connectivity index (χ2n) is 19.6. The van der Waals surface area contributed by atoms with Crippen LogP contribution in [0.15, 0.2) is 28.0 Å². The van der Waals surface area contributed by atoms with Crippen molar-refractivity contribution in [3.05, 3.63) is 28.4 Å². The van der Waals surface area contributed by atoms with E-state index in [1.165, 1.54) is 17.6 Å². The lowest BCUT2D eigenvalue weighted by molar-refractivity contribution is -0.184. The van der Waals surface area contributed by atoms with Crippen LogP contribution >= 0.6 is 0 Å². The molecule has 4 aliphatic heterocycles. The summed E-state index contributed by atoms with van der Waals surface area (Å²) in [5.41, 5.74) is 9.86. The minimum absolute atomic E-state index is 0.0154. The molecule has 0 bridgehead atoms. The number of piperidine rings is 1. The predicted octanol–water partition coefficient (Wildman–Crippen LogP) is -9.78. The fourth-order valence-electron chi connectivity index (χ4n) is 8.77. The summed E-state index contributed by atoms with van der Waals surface area (Å²) in [5, 5.41) is 87.7. The van der Waals surface area contributed by atoms with Crippen molar-refractivity contribution < 1.29 is 93.2 Å². The number of phenolic OH excluding ortho intramolecular Hbond substituents is 1. The number of hydrogen-bond donors (Lipinski definition) is 19. The lowest BCUT2D eigenvalue weighted by Gasteiger charge is -2.35. The number of nitrogens with two attached hydrogens (primary N) is 2. The van der Waals surface area contributed by atoms with Gasteiger partial charge in [-0.1, -0.05) is 0 Å². The number of aromatic hydroxyl groups is 1. The first-order chi connectivity index (χ1) is 40.1. The number of anilines is 2. The Morgan fingerprint density at radius 2 is 1.42 bits per heavy atom. The number of nitrogens with one attached hydrogen (secondary N) is 11. The molecule has 0 aromatic rings. The molecule has 0 spiro atoms. The molecule has 0 radical (unpaired) electrons. The zero-order valence-corrected chi connectivity index (χ0v) is 45.7. The van der Waals surface area contributed by atoms with E-state index in [0.29, 0.717) is 11.5 Å². The molecule has 9 atom stereocenters. The van der Waals surface area contributed by atoms with Gasteiger partial charge in [-0.2, -0.15) is 0 Å². The first-order valence-electron chi connectivity index (χ1n) is 26.2. The number of carbonyl (C=O) groups excluding carboxylic acids is 13. The van der Waals surface area contributed by atoms with Crippen LogP contribution in [0.3, 0.4) is 0 Å². The molecule has 21 N–H and O–H groups in total. The smallest absolute Gasteiger partial charge is 0.271 e. The highest BCUT2D eigenvalue weighted by atomic mass is 16.5. The molecule has 5 aliphatic rings. The van der Waals surface area contributed by atoms with E-state index in [1.54, 1.807) is 0 Å². The van der Waals surface area contributed by atoms with Crippen molar-refractivity contribution >= 4 is 94.1 Å². The monoisotopic (exact) mass is 1200 g/mol. The van der Waals surface area contributed by atoms with Crippen molar-refractivity contribution in [1.29, 1.82) is 0 Å². The number of benzene rings is 1. The molecule has 4 heterocycles. The Hall–Kier alpha value is -9.59. The second kappa shape index (κ2) is 30.1. The Bertz CT molecular complexity index is 2990. The van der Waals surface area contributed by atoms with E-state index < -0.39 is 188 Å². The number of carbonyl (C=O) groups is 13. The highest BCUT2D eigenvalue weighted by Crippen LogP contribution is 2.39. The summed E-state index contributed by atoms with van der Waals surface area (Å²) in [6.45, 7) is -1.68. The van der Waals surface area contributed by atoms with Gasteiger partial charge >= 0.3 is 0 Å². The highest BCUT2D eigenvalue weighted by Gasteiger charge is 2.38. The molecule has 0 aromatic heterocycles. The summed E-state index contributed by atoms with van der Waals surface area (Å²) < 4.78 is 1.37. The minimum Gasteiger partial charge on any atom is -0.504 e. The molecule has 1 saturated heterocycles. The number of amides is 13. The zero-order chi connectivity index (χ0) is 63.0. The third-order valence-corrected chi connectivity index (χ3v) is 13.2. The predicted molar refractivity (Wildman–Crippen MR) is 287 cm³/mol. The Labute approximate surface area is 480 Å². The van der Waals surface area contributed by atoms with E-state index in [4.69, 9.17) is 11.5 Å². The Balaban J connectivity index is 1.11. The molecule has 0 aromatic carbocycles. The van der Waals surface area contributed by atoms with Gasteiger partial charge in [0, 0.05) is 31.3 Å². The molecule has 1 fully saturated rings. The highest BCUT2D eigenvalue weighted by molar-refractivity contribution is 6.01. The molecular weight excluding hydrogens is 1130 g/mol. The summed E-state index contributed by atoms with van der Waals surface area (Å²) in [4.78, 5) is 182. The topological polar surface area (TPSA) is 568 Å². The van der Waals surface area contributed by atoms with Crippen molar-refractivity contribution in [3.8, 4) is 17.0 Å². The number of rotatable bonds is 27. The number of pyridine rings is 1. The first-order valence-corrected chi connectivity index (χ1v) is 26.2. The molecule has 85 heavy (non-hydrogen) atoms. The standard InChI is InChI=1S/C48H67N17O20/c1-20(42(77)54-16-37(74)58-24-4-3-9-63(84)47(24)82)56-36(73)15-53-43(78)21(2)57-46(81)30(13-34(49)71)65(85)48(83)27(19-67)60-38(75)17-55-44(79)23-5-7-51-40(61-23)26(18-66)62-45(80)28-6-8-52-41-25(59-35(72)14-33(70)39(50)76)10-22-11-31(68)32(69)12-29(22)64(28)41/h10-12,20-21,23-24,26-28,30,33,52,66-68,70,84-85H,3-9,13-19H2,1-2H3,(H2,49,71)(H2,50,76)(H,51,61)(H,53,78)(H,54,77)(H,55,79)(H,56,73)(H,57,81)(H,58,74)(H,59,72)(H,60,75)(H,62,80). The molecule has 5 rings (SSSR count). The Kier molecular flexibility index (Phi) is 23.5. The van der Waals surface area contributed by atoms with Gasteiger partial charge in [-0.15, -0.1) is 0 Å². The second-order valence-corrected chi connectivity index (χ2v) is 19.6. The van der Waals surface area contributed by atoms with Crippen molar-refractivity contribution in [1.82, 2.24) is 62.5 Å². The van der Waals surface area contributed by atoms with E-state index >= 15 is 0 Å². The maximum atomic E-state index is 14.1. The van der Waals surface area contributed by atoms with E-state index in [-0.39, 0.29) is 72.6 Å². The fourth-order valence-corrected chi connectivity index (χ4v) is 8.77. The van der Waals surface area contributed by atoms with Gasteiger partial charge < -0.3 is 94.9 Å². The van der Waals surface area contributed by atoms with E-state index in [0.717, 1.165) is 19.1 Å². The quantitative estimate of drug-likeness (QED) is 0.0292. The summed E-state index contributed by atoms with van der Waals surface area (Å²) in [5.74, 6) is -13.8. The van der Waals surface area contributed by atoms with Gasteiger partial charge in [-0.05, 0) is 51.7 Å². The number of aliphatic imine (C=N–C) groups is 1. The largest absolute Gasteiger partial charge is 0.504 e. The van der Waals surface area contributed by atoms with Crippen LogP contribution in [0, 0.1) is 0 Å². The van der Waals surface area contributed by atoms with Gasteiger partial charge in [0.05, 0.1) is 57.1 Å². The summed E-state index contributed by atoms with van der Waals surface area (Å²) in [6, 6.07) is -8.06. The minimum atomic E-state index is -2.18. The third-order valence-electron chi connectivity index (χ3n) is 13.2. The lowest BCUT2D eigenvalue weighted by atomic mass is 10.0. The number of fused-ring (bicyclic) bond motifs is 3. The molecule has 13 amide bonds. The van der Waals surface area contributed by atoms with E-state index in [2.05, 4.69) is 58.2 Å². The number of nitrogens with zero attached hydrogens (tertiary/aromatic N) is 4. The summed E-state index contributed by atoms with van der Waals surface area (Å²) in [7, 11) is 0. The number of amidine groups is 1. The van der Waals surface area contributed by atoms with Gasteiger partial charge in [-0.25, -0.2) is 10.1 Å².